The standard InChI is InChI=1S/C15H20N2O4/c1-14(2,3)21-13(19)17-8-15(9-17)6-11(18)10-4-5-16-7-12(10)20-15/h4-5,7,11,18H,6,8-9H2,1-3H3. The summed E-state index contributed by atoms with van der Waals surface area (Å²) in [6.45, 7) is 6.36. The third-order valence-electron chi connectivity index (χ3n) is 3.68. The zero-order valence-corrected chi connectivity index (χ0v) is 12.5. The van der Waals surface area contributed by atoms with Crippen molar-refractivity contribution in [3.05, 3.63) is 24.0 Å². The van der Waals surface area contributed by atoms with Crippen LogP contribution < -0.4 is 4.74 Å². The van der Waals surface area contributed by atoms with Crippen LogP contribution in [0.3, 0.4) is 0 Å². The van der Waals surface area contributed by atoms with Crippen molar-refractivity contribution in [3.63, 3.8) is 0 Å². The summed E-state index contributed by atoms with van der Waals surface area (Å²) >= 11 is 0. The van der Waals surface area contributed by atoms with Crippen molar-refractivity contribution in [2.24, 2.45) is 0 Å². The fraction of sp³-hybridized carbons (Fsp3) is 0.600. The number of aliphatic hydroxyl groups is 1. The zero-order chi connectivity index (χ0) is 15.3. The first kappa shape index (κ1) is 14.1. The number of hydrogen-bond acceptors (Lipinski definition) is 5. The van der Waals surface area contributed by atoms with E-state index in [-0.39, 0.29) is 6.09 Å². The minimum absolute atomic E-state index is 0.344. The average molecular weight is 292 g/mol. The van der Waals surface area contributed by atoms with Crippen LogP contribution in [0.4, 0.5) is 4.79 Å². The molecule has 2 aliphatic rings. The van der Waals surface area contributed by atoms with E-state index in [4.69, 9.17) is 9.47 Å². The summed E-state index contributed by atoms with van der Waals surface area (Å²) in [6, 6.07) is 1.76. The second-order valence-electron chi connectivity index (χ2n) is 6.75. The quantitative estimate of drug-likeness (QED) is 0.790. The lowest BCUT2D eigenvalue weighted by Crippen LogP contribution is -2.68. The van der Waals surface area contributed by atoms with Gasteiger partial charge in [-0.2, -0.15) is 0 Å². The van der Waals surface area contributed by atoms with Gasteiger partial charge in [0.1, 0.15) is 17.0 Å². The van der Waals surface area contributed by atoms with Gasteiger partial charge in [-0.25, -0.2) is 4.79 Å². The van der Waals surface area contributed by atoms with Gasteiger partial charge in [-0.3, -0.25) is 4.98 Å². The lowest BCUT2D eigenvalue weighted by Gasteiger charge is -2.52. The maximum absolute atomic E-state index is 12.0. The van der Waals surface area contributed by atoms with Crippen molar-refractivity contribution in [2.45, 2.75) is 44.5 Å². The number of likely N-dealkylation sites (tertiary alicyclic amines) is 1. The molecule has 1 saturated heterocycles. The summed E-state index contributed by atoms with van der Waals surface area (Å²) in [6.07, 6.45) is 2.79. The van der Waals surface area contributed by atoms with E-state index in [0.29, 0.717) is 25.3 Å². The smallest absolute Gasteiger partial charge is 0.410 e. The van der Waals surface area contributed by atoms with Crippen molar-refractivity contribution in [1.82, 2.24) is 9.88 Å². The molecule has 1 N–H and O–H groups in total. The minimum atomic E-state index is -0.586. The maximum Gasteiger partial charge on any atom is 0.410 e. The first-order valence-electron chi connectivity index (χ1n) is 7.07. The van der Waals surface area contributed by atoms with E-state index >= 15 is 0 Å². The van der Waals surface area contributed by atoms with Crippen LogP contribution in [0, 0.1) is 0 Å². The van der Waals surface area contributed by atoms with Crippen LogP contribution in [0.1, 0.15) is 38.9 Å². The first-order valence-corrected chi connectivity index (χ1v) is 7.07. The second-order valence-corrected chi connectivity index (χ2v) is 6.75. The highest BCUT2D eigenvalue weighted by atomic mass is 16.6. The number of rotatable bonds is 0. The van der Waals surface area contributed by atoms with E-state index in [1.165, 1.54) is 0 Å². The van der Waals surface area contributed by atoms with Crippen LogP contribution in [0.25, 0.3) is 0 Å². The molecule has 1 fully saturated rings. The number of hydrogen-bond donors (Lipinski definition) is 1. The maximum atomic E-state index is 12.0. The molecule has 0 radical (unpaired) electrons. The van der Waals surface area contributed by atoms with Gasteiger partial charge >= 0.3 is 6.09 Å². The SMILES string of the molecule is CC(C)(C)OC(=O)N1CC2(CC(O)c3ccncc3O2)C1. The largest absolute Gasteiger partial charge is 0.481 e. The van der Waals surface area contributed by atoms with Gasteiger partial charge in [-0.15, -0.1) is 0 Å². The molecule has 3 heterocycles. The van der Waals surface area contributed by atoms with Crippen LogP contribution >= 0.6 is 0 Å². The third-order valence-corrected chi connectivity index (χ3v) is 3.68. The van der Waals surface area contributed by atoms with Crippen LogP contribution in [0.2, 0.25) is 0 Å². The molecular formula is C15H20N2O4. The molecule has 2 aliphatic heterocycles. The number of pyridine rings is 1. The van der Waals surface area contributed by atoms with E-state index in [2.05, 4.69) is 4.98 Å². The van der Waals surface area contributed by atoms with Crippen LogP contribution in [0.15, 0.2) is 18.5 Å². The molecule has 1 aromatic heterocycles. The number of carbonyl (C=O) groups is 1. The highest BCUT2D eigenvalue weighted by molar-refractivity contribution is 5.69. The molecule has 0 bridgehead atoms. The fourth-order valence-electron chi connectivity index (χ4n) is 2.79. The van der Waals surface area contributed by atoms with Crippen LogP contribution in [-0.2, 0) is 4.74 Å². The Balaban J connectivity index is 1.67. The molecule has 6 nitrogen and oxygen atoms in total. The molecule has 1 spiro atoms. The number of fused-ring (bicyclic) bond motifs is 1. The average Bonchev–Trinajstić information content (AvgIpc) is 2.33. The van der Waals surface area contributed by atoms with Crippen molar-refractivity contribution < 1.29 is 19.4 Å². The van der Waals surface area contributed by atoms with Crippen molar-refractivity contribution >= 4 is 6.09 Å². The Morgan fingerprint density at radius 1 is 1.52 bits per heavy atom. The van der Waals surface area contributed by atoms with Crippen molar-refractivity contribution in [2.75, 3.05) is 13.1 Å². The summed E-state index contributed by atoms with van der Waals surface area (Å²) in [5, 5.41) is 10.2. The normalized spacial score (nSPS) is 23.0. The van der Waals surface area contributed by atoms with E-state index in [0.717, 1.165) is 5.56 Å². The summed E-state index contributed by atoms with van der Waals surface area (Å²) in [4.78, 5) is 17.6. The number of aromatic nitrogens is 1. The Kier molecular flexibility index (Phi) is 3.09. The lowest BCUT2D eigenvalue weighted by molar-refractivity contribution is -0.114. The Morgan fingerprint density at radius 3 is 2.90 bits per heavy atom. The third kappa shape index (κ3) is 2.68. The predicted molar refractivity (Wildman–Crippen MR) is 75.0 cm³/mol. The number of amides is 1. The highest BCUT2D eigenvalue weighted by Gasteiger charge is 2.52. The Morgan fingerprint density at radius 2 is 2.24 bits per heavy atom. The van der Waals surface area contributed by atoms with Gasteiger partial charge in [0.25, 0.3) is 0 Å². The van der Waals surface area contributed by atoms with Crippen molar-refractivity contribution in [1.29, 1.82) is 0 Å². The van der Waals surface area contributed by atoms with Crippen LogP contribution in [-0.4, -0.2) is 45.4 Å². The predicted octanol–water partition coefficient (Wildman–Crippen LogP) is 1.89. The van der Waals surface area contributed by atoms with E-state index in [1.54, 1.807) is 23.4 Å². The Labute approximate surface area is 123 Å². The fourth-order valence-corrected chi connectivity index (χ4v) is 2.79. The Bertz CT molecular complexity index is 561. The molecule has 0 aromatic carbocycles. The molecule has 1 aromatic rings. The second kappa shape index (κ2) is 4.59. The van der Waals surface area contributed by atoms with Crippen molar-refractivity contribution in [3.8, 4) is 5.75 Å². The van der Waals surface area contributed by atoms with Gasteiger partial charge in [0.15, 0.2) is 0 Å². The number of carbonyl (C=O) groups excluding carboxylic acids is 1. The summed E-state index contributed by atoms with van der Waals surface area (Å²) in [7, 11) is 0. The lowest BCUT2D eigenvalue weighted by atomic mass is 9.83. The molecule has 0 saturated carbocycles. The first-order chi connectivity index (χ1) is 9.78. The van der Waals surface area contributed by atoms with Gasteiger partial charge in [0.2, 0.25) is 0 Å². The molecule has 6 heteroatoms. The van der Waals surface area contributed by atoms with E-state index < -0.39 is 17.3 Å². The molecule has 1 unspecified atom stereocenters. The van der Waals surface area contributed by atoms with E-state index in [9.17, 15) is 9.90 Å². The highest BCUT2D eigenvalue weighted by Crippen LogP contribution is 2.43. The molecule has 3 rings (SSSR count). The Hall–Kier alpha value is -1.82. The molecule has 0 aliphatic carbocycles. The summed E-state index contributed by atoms with van der Waals surface area (Å²) in [5.74, 6) is 0.597. The monoisotopic (exact) mass is 292 g/mol. The van der Waals surface area contributed by atoms with Gasteiger partial charge in [-0.05, 0) is 26.8 Å². The molecule has 21 heavy (non-hydrogen) atoms. The molecule has 114 valence electrons. The number of nitrogens with zero attached hydrogens (tertiary/aromatic N) is 2. The topological polar surface area (TPSA) is 71.9 Å². The number of aliphatic hydroxyl groups excluding tert-OH is 1. The number of ether oxygens (including phenoxy) is 2. The van der Waals surface area contributed by atoms with E-state index in [1.807, 2.05) is 20.8 Å². The van der Waals surface area contributed by atoms with Gasteiger partial charge in [0.05, 0.1) is 25.4 Å². The zero-order valence-electron chi connectivity index (χ0n) is 12.5. The van der Waals surface area contributed by atoms with Gasteiger partial charge in [-0.1, -0.05) is 0 Å². The minimum Gasteiger partial charge on any atom is -0.481 e. The summed E-state index contributed by atoms with van der Waals surface area (Å²) < 4.78 is 11.3. The molecule has 1 amide bonds. The van der Waals surface area contributed by atoms with Gasteiger partial charge < -0.3 is 19.5 Å². The van der Waals surface area contributed by atoms with Gasteiger partial charge in [0, 0.05) is 18.2 Å². The molecular weight excluding hydrogens is 272 g/mol. The molecule has 1 atom stereocenters. The summed E-state index contributed by atoms with van der Waals surface area (Å²) in [5.41, 5.74) is -0.276. The van der Waals surface area contributed by atoms with Crippen LogP contribution in [0.5, 0.6) is 5.75 Å².